The molecule has 1 aromatic rings. The van der Waals surface area contributed by atoms with Gasteiger partial charge in [-0.25, -0.2) is 0 Å². The largest absolute Gasteiger partial charge is 0.376 e. The van der Waals surface area contributed by atoms with Gasteiger partial charge in [0.05, 0.1) is 13.2 Å². The molecule has 0 aliphatic heterocycles. The van der Waals surface area contributed by atoms with E-state index in [0.29, 0.717) is 13.2 Å². The molecule has 0 saturated heterocycles. The van der Waals surface area contributed by atoms with Crippen LogP contribution in [-0.4, -0.2) is 12.4 Å². The van der Waals surface area contributed by atoms with Gasteiger partial charge in [0, 0.05) is 5.92 Å². The van der Waals surface area contributed by atoms with Crippen molar-refractivity contribution >= 4 is 5.78 Å². The van der Waals surface area contributed by atoms with Gasteiger partial charge in [-0.15, -0.1) is 0 Å². The molecule has 0 spiro atoms. The highest BCUT2D eigenvalue weighted by atomic mass is 16.5. The topological polar surface area (TPSA) is 26.3 Å². The normalized spacial score (nSPS) is 20.0. The molecule has 16 heavy (non-hydrogen) atoms. The smallest absolute Gasteiger partial charge is 0.160 e. The number of rotatable bonds is 4. The Labute approximate surface area is 95.9 Å². The monoisotopic (exact) mass is 216 g/mol. The van der Waals surface area contributed by atoms with Crippen molar-refractivity contribution in [2.75, 3.05) is 6.61 Å². The Kier molecular flexibility index (Phi) is 3.89. The van der Waals surface area contributed by atoms with E-state index in [4.69, 9.17) is 4.74 Å². The lowest BCUT2D eigenvalue weighted by Crippen LogP contribution is -2.20. The molecule has 0 N–H and O–H groups in total. The Hall–Kier alpha value is -1.41. The van der Waals surface area contributed by atoms with Crippen molar-refractivity contribution in [3.05, 3.63) is 48.0 Å². The van der Waals surface area contributed by atoms with Gasteiger partial charge in [0.1, 0.15) is 0 Å². The third-order valence-corrected chi connectivity index (χ3v) is 2.80. The Morgan fingerprint density at radius 1 is 1.25 bits per heavy atom. The molecule has 0 amide bonds. The molecule has 2 rings (SSSR count). The molecule has 2 nitrogen and oxygen atoms in total. The minimum absolute atomic E-state index is 0.0636. The fourth-order valence-corrected chi connectivity index (χ4v) is 1.83. The van der Waals surface area contributed by atoms with Crippen molar-refractivity contribution in [1.29, 1.82) is 0 Å². The lowest BCUT2D eigenvalue weighted by molar-refractivity contribution is -0.120. The van der Waals surface area contributed by atoms with E-state index in [-0.39, 0.29) is 11.7 Å². The fourth-order valence-electron chi connectivity index (χ4n) is 1.83. The first kappa shape index (κ1) is 11.1. The zero-order chi connectivity index (χ0) is 11.2. The lowest BCUT2D eigenvalue weighted by Gasteiger charge is -2.16. The summed E-state index contributed by atoms with van der Waals surface area (Å²) in [7, 11) is 0. The van der Waals surface area contributed by atoms with Gasteiger partial charge in [-0.3, -0.25) is 4.79 Å². The summed E-state index contributed by atoms with van der Waals surface area (Å²) < 4.78 is 5.57. The predicted molar refractivity (Wildman–Crippen MR) is 63.0 cm³/mol. The zero-order valence-corrected chi connectivity index (χ0v) is 9.26. The van der Waals surface area contributed by atoms with Crippen LogP contribution in [0.25, 0.3) is 0 Å². The number of carbonyl (C=O) groups excluding carboxylic acids is 1. The maximum atomic E-state index is 11.5. The third kappa shape index (κ3) is 3.04. The molecule has 0 radical (unpaired) electrons. The van der Waals surface area contributed by atoms with E-state index in [2.05, 4.69) is 0 Å². The van der Waals surface area contributed by atoms with E-state index >= 15 is 0 Å². The van der Waals surface area contributed by atoms with E-state index in [0.717, 1.165) is 18.4 Å². The number of carbonyl (C=O) groups is 1. The lowest BCUT2D eigenvalue weighted by atomic mass is 9.94. The minimum atomic E-state index is 0.0636. The van der Waals surface area contributed by atoms with Gasteiger partial charge in [-0.2, -0.15) is 0 Å². The van der Waals surface area contributed by atoms with E-state index in [1.807, 2.05) is 36.4 Å². The Morgan fingerprint density at radius 2 is 2.06 bits per heavy atom. The highest BCUT2D eigenvalue weighted by Crippen LogP contribution is 2.15. The number of ketones is 1. The number of hydrogen-bond donors (Lipinski definition) is 0. The number of allylic oxidation sites excluding steroid dienone is 2. The predicted octanol–water partition coefficient (Wildman–Crippen LogP) is 2.74. The number of benzene rings is 1. The van der Waals surface area contributed by atoms with Crippen molar-refractivity contribution in [2.24, 2.45) is 5.92 Å². The quantitative estimate of drug-likeness (QED) is 0.773. The second kappa shape index (κ2) is 5.61. The molecule has 0 bridgehead atoms. The average Bonchev–Trinajstić information content (AvgIpc) is 2.33. The van der Waals surface area contributed by atoms with Crippen LogP contribution in [0, 0.1) is 5.92 Å². The highest BCUT2D eigenvalue weighted by molar-refractivity contribution is 5.92. The van der Waals surface area contributed by atoms with E-state index in [1.54, 1.807) is 6.08 Å². The maximum absolute atomic E-state index is 11.5. The summed E-state index contributed by atoms with van der Waals surface area (Å²) in [5.74, 6) is 0.271. The van der Waals surface area contributed by atoms with Gasteiger partial charge in [-0.1, -0.05) is 36.4 Å². The van der Waals surface area contributed by atoms with Gasteiger partial charge in [0.2, 0.25) is 0 Å². The Balaban J connectivity index is 1.76. The van der Waals surface area contributed by atoms with Crippen LogP contribution in [0.15, 0.2) is 42.5 Å². The zero-order valence-electron chi connectivity index (χ0n) is 9.26. The summed E-state index contributed by atoms with van der Waals surface area (Å²) in [6, 6.07) is 10.0. The van der Waals surface area contributed by atoms with Crippen LogP contribution in [0.2, 0.25) is 0 Å². The highest BCUT2D eigenvalue weighted by Gasteiger charge is 2.18. The van der Waals surface area contributed by atoms with E-state index in [9.17, 15) is 4.79 Å². The second-order valence-electron chi connectivity index (χ2n) is 4.08. The molecule has 0 aromatic heterocycles. The van der Waals surface area contributed by atoms with Crippen molar-refractivity contribution < 1.29 is 9.53 Å². The molecule has 84 valence electrons. The Morgan fingerprint density at radius 3 is 2.81 bits per heavy atom. The summed E-state index contributed by atoms with van der Waals surface area (Å²) in [4.78, 5) is 11.5. The summed E-state index contributed by atoms with van der Waals surface area (Å²) >= 11 is 0. The number of ether oxygens (including phenoxy) is 1. The Bertz CT molecular complexity index is 368. The summed E-state index contributed by atoms with van der Waals surface area (Å²) in [5, 5.41) is 0. The van der Waals surface area contributed by atoms with E-state index in [1.165, 1.54) is 0 Å². The van der Waals surface area contributed by atoms with Crippen LogP contribution in [0.5, 0.6) is 0 Å². The first-order chi connectivity index (χ1) is 7.86. The van der Waals surface area contributed by atoms with Gasteiger partial charge in [0.15, 0.2) is 5.78 Å². The first-order valence-electron chi connectivity index (χ1n) is 5.68. The average molecular weight is 216 g/mol. The summed E-state index contributed by atoms with van der Waals surface area (Å²) in [6.07, 6.45) is 5.53. The molecule has 1 aromatic carbocycles. The molecule has 1 atom stereocenters. The van der Waals surface area contributed by atoms with Crippen molar-refractivity contribution in [1.82, 2.24) is 0 Å². The van der Waals surface area contributed by atoms with Crippen LogP contribution >= 0.6 is 0 Å². The van der Waals surface area contributed by atoms with Gasteiger partial charge >= 0.3 is 0 Å². The van der Waals surface area contributed by atoms with Crippen LogP contribution in [0.4, 0.5) is 0 Å². The molecular formula is C14H16O2. The molecule has 0 fully saturated rings. The van der Waals surface area contributed by atoms with E-state index < -0.39 is 0 Å². The maximum Gasteiger partial charge on any atom is 0.160 e. The molecule has 1 aliphatic carbocycles. The minimum Gasteiger partial charge on any atom is -0.376 e. The van der Waals surface area contributed by atoms with Crippen LogP contribution < -0.4 is 0 Å². The van der Waals surface area contributed by atoms with Crippen LogP contribution in [-0.2, 0) is 16.1 Å². The first-order valence-corrected chi connectivity index (χ1v) is 5.68. The molecule has 1 aliphatic rings. The molecule has 0 saturated carbocycles. The van der Waals surface area contributed by atoms with Crippen LogP contribution in [0.3, 0.4) is 0 Å². The fraction of sp³-hybridized carbons (Fsp3) is 0.357. The molecule has 0 heterocycles. The standard InChI is InChI=1S/C14H16O2/c15-14-9-5-4-8-13(14)11-16-10-12-6-2-1-3-7-12/h1-3,5-7,9,13H,4,8,10-11H2. The molecule has 1 unspecified atom stereocenters. The van der Waals surface area contributed by atoms with Crippen molar-refractivity contribution in [2.45, 2.75) is 19.4 Å². The summed E-state index contributed by atoms with van der Waals surface area (Å²) in [5.41, 5.74) is 1.15. The van der Waals surface area contributed by atoms with Gasteiger partial charge in [0.25, 0.3) is 0 Å². The number of hydrogen-bond acceptors (Lipinski definition) is 2. The third-order valence-electron chi connectivity index (χ3n) is 2.80. The SMILES string of the molecule is O=C1C=CCCC1COCc1ccccc1. The van der Waals surface area contributed by atoms with Crippen LogP contribution in [0.1, 0.15) is 18.4 Å². The molecule has 2 heteroatoms. The second-order valence-corrected chi connectivity index (χ2v) is 4.08. The summed E-state index contributed by atoms with van der Waals surface area (Å²) in [6.45, 7) is 1.13. The van der Waals surface area contributed by atoms with Gasteiger partial charge in [-0.05, 0) is 24.5 Å². The van der Waals surface area contributed by atoms with Gasteiger partial charge < -0.3 is 4.74 Å². The van der Waals surface area contributed by atoms with Crippen molar-refractivity contribution in [3.63, 3.8) is 0 Å². The molecular weight excluding hydrogens is 200 g/mol. The van der Waals surface area contributed by atoms with Crippen molar-refractivity contribution in [3.8, 4) is 0 Å².